The Bertz CT molecular complexity index is 938. The summed E-state index contributed by atoms with van der Waals surface area (Å²) in [7, 11) is 0. The van der Waals surface area contributed by atoms with Gasteiger partial charge in [0.1, 0.15) is 0 Å². The van der Waals surface area contributed by atoms with Crippen LogP contribution in [0.25, 0.3) is 0 Å². The molecule has 0 bridgehead atoms. The molecule has 0 unspecified atom stereocenters. The molecule has 0 N–H and O–H groups in total. The van der Waals surface area contributed by atoms with Gasteiger partial charge in [-0.1, -0.05) is 13.8 Å². The van der Waals surface area contributed by atoms with Gasteiger partial charge in [0, 0.05) is 63.2 Å². The molecule has 0 aliphatic carbocycles. The number of nitrogens with zero attached hydrogens (tertiary/aromatic N) is 5. The zero-order valence-corrected chi connectivity index (χ0v) is 19.0. The fourth-order valence-corrected chi connectivity index (χ4v) is 4.96. The van der Waals surface area contributed by atoms with Crippen LogP contribution in [-0.4, -0.2) is 55.8 Å². The smallest absolute Gasteiger partial charge is 0.231 e. The third-order valence-electron chi connectivity index (χ3n) is 6.72. The van der Waals surface area contributed by atoms with Gasteiger partial charge in [-0.15, -0.1) is 0 Å². The molecule has 31 heavy (non-hydrogen) atoms. The monoisotopic (exact) mass is 423 g/mol. The summed E-state index contributed by atoms with van der Waals surface area (Å²) in [4.78, 5) is 39.3. The summed E-state index contributed by atoms with van der Waals surface area (Å²) in [5.74, 6) is 0.512. The van der Waals surface area contributed by atoms with E-state index in [1.54, 1.807) is 12.4 Å². The summed E-state index contributed by atoms with van der Waals surface area (Å²) in [6, 6.07) is 4.21. The second kappa shape index (κ2) is 8.44. The molecule has 1 spiro atoms. The van der Waals surface area contributed by atoms with E-state index >= 15 is 0 Å². The minimum atomic E-state index is -0.587. The number of hydrogen-bond donors (Lipinski definition) is 0. The number of carbonyl (C=O) groups excluding carboxylic acids is 2. The van der Waals surface area contributed by atoms with Gasteiger partial charge in [-0.05, 0) is 43.9 Å². The van der Waals surface area contributed by atoms with E-state index in [0.29, 0.717) is 44.6 Å². The van der Waals surface area contributed by atoms with Crippen LogP contribution in [0, 0.1) is 11.3 Å². The van der Waals surface area contributed by atoms with Gasteiger partial charge < -0.3 is 14.4 Å². The Kier molecular flexibility index (Phi) is 5.86. The maximum absolute atomic E-state index is 13.8. The first kappa shape index (κ1) is 21.5. The Morgan fingerprint density at radius 1 is 1.23 bits per heavy atom. The van der Waals surface area contributed by atoms with Crippen LogP contribution in [0.3, 0.4) is 0 Å². The van der Waals surface area contributed by atoms with Crippen LogP contribution in [0.5, 0.6) is 0 Å². The summed E-state index contributed by atoms with van der Waals surface area (Å²) < 4.78 is 2.08. The van der Waals surface area contributed by atoms with Crippen molar-refractivity contribution in [1.82, 2.24) is 24.3 Å². The van der Waals surface area contributed by atoms with Crippen molar-refractivity contribution in [2.24, 2.45) is 11.3 Å². The lowest BCUT2D eigenvalue weighted by Gasteiger charge is -2.28. The van der Waals surface area contributed by atoms with Gasteiger partial charge in [0.2, 0.25) is 11.8 Å². The lowest BCUT2D eigenvalue weighted by molar-refractivity contribution is -0.137. The van der Waals surface area contributed by atoms with Crippen molar-refractivity contribution >= 4 is 11.8 Å². The van der Waals surface area contributed by atoms with E-state index in [1.165, 1.54) is 0 Å². The predicted octanol–water partition coefficient (Wildman–Crippen LogP) is 3.25. The van der Waals surface area contributed by atoms with Gasteiger partial charge in [0.25, 0.3) is 0 Å². The quantitative estimate of drug-likeness (QED) is 0.715. The van der Waals surface area contributed by atoms with Crippen LogP contribution >= 0.6 is 0 Å². The second-order valence-corrected chi connectivity index (χ2v) is 9.75. The van der Waals surface area contributed by atoms with Gasteiger partial charge in [0.05, 0.1) is 17.4 Å². The van der Waals surface area contributed by atoms with Crippen molar-refractivity contribution in [1.29, 1.82) is 0 Å². The second-order valence-electron chi connectivity index (χ2n) is 9.75. The highest BCUT2D eigenvalue weighted by Crippen LogP contribution is 2.50. The Balaban J connectivity index is 1.63. The van der Waals surface area contributed by atoms with Gasteiger partial charge in [-0.2, -0.15) is 0 Å². The molecule has 4 heterocycles. The molecular weight excluding hydrogens is 390 g/mol. The molecule has 2 amide bonds. The first-order valence-electron chi connectivity index (χ1n) is 11.3. The number of imidazole rings is 1. The average molecular weight is 424 g/mol. The molecule has 0 aromatic carbocycles. The summed E-state index contributed by atoms with van der Waals surface area (Å²) >= 11 is 0. The third kappa shape index (κ3) is 4.10. The van der Waals surface area contributed by atoms with E-state index in [9.17, 15) is 9.59 Å². The molecule has 2 aliphatic heterocycles. The van der Waals surface area contributed by atoms with E-state index in [0.717, 1.165) is 17.7 Å². The highest BCUT2D eigenvalue weighted by molar-refractivity contribution is 5.88. The molecule has 0 radical (unpaired) electrons. The lowest BCUT2D eigenvalue weighted by atomic mass is 9.75. The number of amides is 2. The van der Waals surface area contributed by atoms with E-state index < -0.39 is 5.41 Å². The van der Waals surface area contributed by atoms with Crippen molar-refractivity contribution in [2.75, 3.05) is 19.6 Å². The van der Waals surface area contributed by atoms with Crippen molar-refractivity contribution in [2.45, 2.75) is 59.0 Å². The molecule has 2 aromatic rings. The molecule has 2 saturated heterocycles. The maximum atomic E-state index is 13.8. The topological polar surface area (TPSA) is 71.3 Å². The molecule has 2 atom stereocenters. The first-order valence-corrected chi connectivity index (χ1v) is 11.3. The van der Waals surface area contributed by atoms with E-state index in [2.05, 4.69) is 48.4 Å². The number of carbonyl (C=O) groups is 2. The Hall–Kier alpha value is -2.70. The number of hydrogen-bond acceptors (Lipinski definition) is 4. The van der Waals surface area contributed by atoms with E-state index in [4.69, 9.17) is 0 Å². The Labute approximate surface area is 184 Å². The molecule has 166 valence electrons. The van der Waals surface area contributed by atoms with E-state index in [1.807, 2.05) is 28.3 Å². The number of likely N-dealkylation sites (tertiary alicyclic amines) is 2. The average Bonchev–Trinajstić information content (AvgIpc) is 3.43. The summed E-state index contributed by atoms with van der Waals surface area (Å²) in [6.07, 6.45) is 8.69. The minimum Gasteiger partial charge on any atom is -0.341 e. The Morgan fingerprint density at radius 3 is 2.61 bits per heavy atom. The zero-order valence-electron chi connectivity index (χ0n) is 19.0. The minimum absolute atomic E-state index is 0.0708. The van der Waals surface area contributed by atoms with Gasteiger partial charge in [0.15, 0.2) is 0 Å². The Morgan fingerprint density at radius 2 is 1.97 bits per heavy atom. The predicted molar refractivity (Wildman–Crippen MR) is 118 cm³/mol. The molecular formula is C24H33N5O2. The van der Waals surface area contributed by atoms with Crippen molar-refractivity contribution < 1.29 is 9.59 Å². The van der Waals surface area contributed by atoms with E-state index in [-0.39, 0.29) is 17.7 Å². The maximum Gasteiger partial charge on any atom is 0.231 e. The SMILES string of the molecule is CC(C)CC(=O)N1C[C@@H](c2cn(C(C)C)cn2)[C@]2(CCN(Cc3ccncc3)C2=O)C1. The first-order chi connectivity index (χ1) is 14.8. The molecule has 7 nitrogen and oxygen atoms in total. The highest BCUT2D eigenvalue weighted by Gasteiger charge is 2.58. The van der Waals surface area contributed by atoms with Gasteiger partial charge >= 0.3 is 0 Å². The molecule has 4 rings (SSSR count). The number of rotatable bonds is 6. The molecule has 2 aliphatic rings. The van der Waals surface area contributed by atoms with Crippen molar-refractivity contribution in [3.8, 4) is 0 Å². The third-order valence-corrected chi connectivity index (χ3v) is 6.72. The largest absolute Gasteiger partial charge is 0.341 e. The molecule has 2 aromatic heterocycles. The van der Waals surface area contributed by atoms with Crippen LogP contribution < -0.4 is 0 Å². The molecule has 2 fully saturated rings. The van der Waals surface area contributed by atoms with Crippen LogP contribution in [0.2, 0.25) is 0 Å². The van der Waals surface area contributed by atoms with Gasteiger partial charge in [-0.25, -0.2) is 4.98 Å². The van der Waals surface area contributed by atoms with Crippen molar-refractivity contribution in [3.63, 3.8) is 0 Å². The molecule has 7 heteroatoms. The van der Waals surface area contributed by atoms with Crippen LogP contribution in [0.4, 0.5) is 0 Å². The van der Waals surface area contributed by atoms with Crippen LogP contribution in [0.15, 0.2) is 37.1 Å². The number of aromatic nitrogens is 3. The van der Waals surface area contributed by atoms with Gasteiger partial charge in [-0.3, -0.25) is 14.6 Å². The fraction of sp³-hybridized carbons (Fsp3) is 0.583. The fourth-order valence-electron chi connectivity index (χ4n) is 4.96. The molecule has 0 saturated carbocycles. The number of pyridine rings is 1. The lowest BCUT2D eigenvalue weighted by Crippen LogP contribution is -2.40. The summed E-state index contributed by atoms with van der Waals surface area (Å²) in [6.45, 7) is 10.7. The van der Waals surface area contributed by atoms with Crippen molar-refractivity contribution in [3.05, 3.63) is 48.3 Å². The van der Waals surface area contributed by atoms with Crippen LogP contribution in [-0.2, 0) is 16.1 Å². The zero-order chi connectivity index (χ0) is 22.2. The normalized spacial score (nSPS) is 23.7. The highest BCUT2D eigenvalue weighted by atomic mass is 16.2. The summed E-state index contributed by atoms with van der Waals surface area (Å²) in [5, 5.41) is 0. The standard InChI is InChI=1S/C24H33N5O2/c1-17(2)11-22(30)28-13-20(21-14-29(16-26-21)18(3)4)24(15-28)7-10-27(23(24)31)12-19-5-8-25-9-6-19/h5-6,8-9,14,16-18,20H,7,10-13,15H2,1-4H3/t20-,24-/m0/s1. The van der Waals surface area contributed by atoms with Crippen LogP contribution in [0.1, 0.15) is 63.8 Å². The summed E-state index contributed by atoms with van der Waals surface area (Å²) in [5.41, 5.74) is 1.41.